The smallest absolute Gasteiger partial charge is 0.251 e. The Morgan fingerprint density at radius 3 is 3.12 bits per heavy atom. The van der Waals surface area contributed by atoms with Crippen molar-refractivity contribution in [2.24, 2.45) is 5.73 Å². The van der Waals surface area contributed by atoms with Crippen LogP contribution >= 0.6 is 0 Å². The number of rotatable bonds is 4. The van der Waals surface area contributed by atoms with Gasteiger partial charge in [0.1, 0.15) is 0 Å². The van der Waals surface area contributed by atoms with Crippen LogP contribution in [-0.2, 0) is 13.0 Å². The summed E-state index contributed by atoms with van der Waals surface area (Å²) in [6, 6.07) is 5.94. The highest BCUT2D eigenvalue weighted by Crippen LogP contribution is 2.15. The lowest BCUT2D eigenvalue weighted by Crippen LogP contribution is -2.27. The van der Waals surface area contributed by atoms with Crippen molar-refractivity contribution in [3.8, 4) is 0 Å². The highest BCUT2D eigenvalue weighted by Gasteiger charge is 2.11. The summed E-state index contributed by atoms with van der Waals surface area (Å²) in [5, 5.41) is 6.19. The number of amides is 1. The lowest BCUT2D eigenvalue weighted by Gasteiger charge is -2.17. The molecule has 0 atom stereocenters. The van der Waals surface area contributed by atoms with Gasteiger partial charge in [0, 0.05) is 18.7 Å². The zero-order valence-corrected chi connectivity index (χ0v) is 9.96. The van der Waals surface area contributed by atoms with E-state index in [4.69, 9.17) is 5.73 Å². The van der Waals surface area contributed by atoms with E-state index in [0.717, 1.165) is 31.5 Å². The van der Waals surface area contributed by atoms with E-state index in [0.29, 0.717) is 13.1 Å². The topological polar surface area (TPSA) is 67.1 Å². The summed E-state index contributed by atoms with van der Waals surface area (Å²) in [6.45, 7) is 3.15. The van der Waals surface area contributed by atoms with Crippen LogP contribution in [0.3, 0.4) is 0 Å². The molecular weight excluding hydrogens is 214 g/mol. The van der Waals surface area contributed by atoms with E-state index in [2.05, 4.69) is 10.6 Å². The fraction of sp³-hybridized carbons (Fsp3) is 0.462. The quantitative estimate of drug-likeness (QED) is 0.660. The molecule has 0 aromatic heterocycles. The SMILES string of the molecule is NCCCNC(=O)c1ccc2c(c1)CCNC2. The molecule has 1 aromatic rings. The van der Waals surface area contributed by atoms with Crippen LogP contribution in [0.5, 0.6) is 0 Å². The van der Waals surface area contributed by atoms with Crippen molar-refractivity contribution in [2.75, 3.05) is 19.6 Å². The van der Waals surface area contributed by atoms with Crippen LogP contribution < -0.4 is 16.4 Å². The molecule has 17 heavy (non-hydrogen) atoms. The second-order valence-corrected chi connectivity index (χ2v) is 4.31. The van der Waals surface area contributed by atoms with E-state index in [-0.39, 0.29) is 5.91 Å². The van der Waals surface area contributed by atoms with E-state index < -0.39 is 0 Å². The maximum Gasteiger partial charge on any atom is 0.251 e. The van der Waals surface area contributed by atoms with Gasteiger partial charge >= 0.3 is 0 Å². The minimum Gasteiger partial charge on any atom is -0.352 e. The fourth-order valence-electron chi connectivity index (χ4n) is 2.02. The van der Waals surface area contributed by atoms with Gasteiger partial charge in [-0.15, -0.1) is 0 Å². The van der Waals surface area contributed by atoms with Crippen LogP contribution in [0, 0.1) is 0 Å². The molecule has 1 heterocycles. The van der Waals surface area contributed by atoms with Gasteiger partial charge < -0.3 is 16.4 Å². The third kappa shape index (κ3) is 3.05. The summed E-state index contributed by atoms with van der Waals surface area (Å²) >= 11 is 0. The molecule has 0 saturated heterocycles. The molecule has 4 N–H and O–H groups in total. The Hall–Kier alpha value is -1.39. The average Bonchev–Trinajstić information content (AvgIpc) is 2.38. The number of carbonyl (C=O) groups excluding carboxylic acids is 1. The zero-order chi connectivity index (χ0) is 12.1. The Balaban J connectivity index is 2.03. The third-order valence-corrected chi connectivity index (χ3v) is 3.02. The highest BCUT2D eigenvalue weighted by molar-refractivity contribution is 5.94. The van der Waals surface area contributed by atoms with E-state index >= 15 is 0 Å². The molecule has 4 nitrogen and oxygen atoms in total. The normalized spacial score (nSPS) is 14.2. The predicted octanol–water partition coefficient (Wildman–Crippen LogP) is 0.411. The molecule has 1 aliphatic rings. The Bertz CT molecular complexity index is 404. The van der Waals surface area contributed by atoms with Gasteiger partial charge in [0.25, 0.3) is 5.91 Å². The average molecular weight is 233 g/mol. The van der Waals surface area contributed by atoms with E-state index in [1.54, 1.807) is 0 Å². The van der Waals surface area contributed by atoms with Gasteiger partial charge in [0.05, 0.1) is 0 Å². The summed E-state index contributed by atoms with van der Waals surface area (Å²) in [4.78, 5) is 11.8. The van der Waals surface area contributed by atoms with Crippen LogP contribution in [0.2, 0.25) is 0 Å². The number of nitrogens with two attached hydrogens (primary N) is 1. The monoisotopic (exact) mass is 233 g/mol. The van der Waals surface area contributed by atoms with Crippen LogP contribution in [0.4, 0.5) is 0 Å². The van der Waals surface area contributed by atoms with Gasteiger partial charge in [0.15, 0.2) is 0 Å². The lowest BCUT2D eigenvalue weighted by atomic mass is 9.98. The van der Waals surface area contributed by atoms with Crippen molar-refractivity contribution in [2.45, 2.75) is 19.4 Å². The predicted molar refractivity (Wildman–Crippen MR) is 67.9 cm³/mol. The van der Waals surface area contributed by atoms with E-state index in [9.17, 15) is 4.79 Å². The van der Waals surface area contributed by atoms with Crippen LogP contribution in [0.25, 0.3) is 0 Å². The first-order valence-electron chi connectivity index (χ1n) is 6.12. The molecule has 0 spiro atoms. The van der Waals surface area contributed by atoms with Gasteiger partial charge in [-0.25, -0.2) is 0 Å². The molecule has 1 aliphatic heterocycles. The summed E-state index contributed by atoms with van der Waals surface area (Å²) in [5.41, 5.74) is 8.73. The number of fused-ring (bicyclic) bond motifs is 1. The molecule has 0 bridgehead atoms. The molecular formula is C13H19N3O. The first kappa shape index (κ1) is 12.1. The number of hydrogen-bond acceptors (Lipinski definition) is 3. The summed E-state index contributed by atoms with van der Waals surface area (Å²) in [7, 11) is 0. The Morgan fingerprint density at radius 2 is 2.29 bits per heavy atom. The molecule has 0 radical (unpaired) electrons. The first-order valence-corrected chi connectivity index (χ1v) is 6.12. The van der Waals surface area contributed by atoms with Crippen LogP contribution in [-0.4, -0.2) is 25.5 Å². The molecule has 1 amide bonds. The first-order chi connectivity index (χ1) is 8.31. The molecule has 0 fully saturated rings. The van der Waals surface area contributed by atoms with E-state index in [1.165, 1.54) is 11.1 Å². The molecule has 1 aromatic carbocycles. The molecule has 0 aliphatic carbocycles. The minimum absolute atomic E-state index is 0.000201. The van der Waals surface area contributed by atoms with Crippen molar-refractivity contribution < 1.29 is 4.79 Å². The lowest BCUT2D eigenvalue weighted by molar-refractivity contribution is 0.0953. The van der Waals surface area contributed by atoms with E-state index in [1.807, 2.05) is 18.2 Å². The Kier molecular flexibility index (Phi) is 4.12. The van der Waals surface area contributed by atoms with Crippen molar-refractivity contribution in [1.29, 1.82) is 0 Å². The Labute approximate surface area is 102 Å². The number of carbonyl (C=O) groups is 1. The van der Waals surface area contributed by atoms with Gasteiger partial charge in [0.2, 0.25) is 0 Å². The molecule has 4 heteroatoms. The molecule has 0 unspecified atom stereocenters. The summed E-state index contributed by atoms with van der Waals surface area (Å²) in [5.74, 6) is -0.000201. The maximum atomic E-state index is 11.8. The number of hydrogen-bond donors (Lipinski definition) is 3. The van der Waals surface area contributed by atoms with Gasteiger partial charge in [-0.3, -0.25) is 4.79 Å². The second-order valence-electron chi connectivity index (χ2n) is 4.31. The van der Waals surface area contributed by atoms with Crippen molar-refractivity contribution in [3.05, 3.63) is 34.9 Å². The van der Waals surface area contributed by atoms with Gasteiger partial charge in [-0.05, 0) is 49.2 Å². The van der Waals surface area contributed by atoms with Crippen molar-refractivity contribution in [3.63, 3.8) is 0 Å². The minimum atomic E-state index is -0.000201. The summed E-state index contributed by atoms with van der Waals surface area (Å²) in [6.07, 6.45) is 1.82. The van der Waals surface area contributed by atoms with Crippen LogP contribution in [0.15, 0.2) is 18.2 Å². The fourth-order valence-corrected chi connectivity index (χ4v) is 2.02. The molecule has 2 rings (SSSR count). The Morgan fingerprint density at radius 1 is 1.41 bits per heavy atom. The van der Waals surface area contributed by atoms with Crippen molar-refractivity contribution >= 4 is 5.91 Å². The zero-order valence-electron chi connectivity index (χ0n) is 9.96. The largest absolute Gasteiger partial charge is 0.352 e. The van der Waals surface area contributed by atoms with Crippen molar-refractivity contribution in [1.82, 2.24) is 10.6 Å². The standard InChI is InChI=1S/C13H19N3O/c14-5-1-6-16-13(17)11-2-3-12-9-15-7-4-10(12)8-11/h2-3,8,15H,1,4-7,9,14H2,(H,16,17). The molecule has 0 saturated carbocycles. The van der Waals surface area contributed by atoms with Crippen LogP contribution in [0.1, 0.15) is 27.9 Å². The van der Waals surface area contributed by atoms with Gasteiger partial charge in [-0.2, -0.15) is 0 Å². The number of nitrogens with one attached hydrogen (secondary N) is 2. The molecule has 92 valence electrons. The summed E-state index contributed by atoms with van der Waals surface area (Å²) < 4.78 is 0. The highest BCUT2D eigenvalue weighted by atomic mass is 16.1. The maximum absolute atomic E-state index is 11.8. The number of benzene rings is 1. The third-order valence-electron chi connectivity index (χ3n) is 3.02. The van der Waals surface area contributed by atoms with Gasteiger partial charge in [-0.1, -0.05) is 6.07 Å². The second kappa shape index (κ2) is 5.80.